The molecule has 0 spiro atoms. The first-order valence-corrected chi connectivity index (χ1v) is 16.2. The highest BCUT2D eigenvalue weighted by atomic mass is 16.5. The number of anilines is 2. The molecule has 46 heavy (non-hydrogen) atoms. The number of carbonyl (C=O) groups is 1. The summed E-state index contributed by atoms with van der Waals surface area (Å²) in [6.07, 6.45) is 10.7. The lowest BCUT2D eigenvalue weighted by Crippen LogP contribution is -2.41. The van der Waals surface area contributed by atoms with Crippen molar-refractivity contribution < 1.29 is 19.4 Å². The van der Waals surface area contributed by atoms with E-state index in [-0.39, 0.29) is 5.41 Å². The van der Waals surface area contributed by atoms with Crippen LogP contribution in [-0.4, -0.2) is 57.7 Å². The summed E-state index contributed by atoms with van der Waals surface area (Å²) in [6.45, 7) is 17.8. The third-order valence-corrected chi connectivity index (χ3v) is 8.81. The van der Waals surface area contributed by atoms with Crippen LogP contribution in [0.15, 0.2) is 59.4 Å². The van der Waals surface area contributed by atoms with Crippen LogP contribution in [0.1, 0.15) is 89.6 Å². The summed E-state index contributed by atoms with van der Waals surface area (Å²) in [5, 5.41) is 21.4. The smallest absolute Gasteiger partial charge is 0.337 e. The largest absolute Gasteiger partial charge is 0.493 e. The molecule has 0 aliphatic carbocycles. The maximum atomic E-state index is 12.8. The van der Waals surface area contributed by atoms with Crippen molar-refractivity contribution in [1.29, 1.82) is 0 Å². The lowest BCUT2D eigenvalue weighted by atomic mass is 9.76. The predicted octanol–water partition coefficient (Wildman–Crippen LogP) is 7.27. The molecule has 3 aliphatic rings. The second-order valence-electron chi connectivity index (χ2n) is 13.8. The van der Waals surface area contributed by atoms with Gasteiger partial charge in [0.2, 0.25) is 0 Å². The monoisotopic (exact) mass is 628 g/mol. The highest BCUT2D eigenvalue weighted by Crippen LogP contribution is 2.41. The van der Waals surface area contributed by atoms with Crippen LogP contribution >= 0.6 is 0 Å². The Labute approximate surface area is 272 Å². The molecular weight excluding hydrogens is 580 g/mol. The normalized spacial score (nSPS) is 20.3. The first-order chi connectivity index (χ1) is 21.9. The van der Waals surface area contributed by atoms with Gasteiger partial charge in [0, 0.05) is 37.8 Å². The topological polar surface area (TPSA) is 105 Å². The Bertz CT molecular complexity index is 1630. The van der Waals surface area contributed by atoms with Crippen molar-refractivity contribution in [2.45, 2.75) is 91.8 Å². The summed E-state index contributed by atoms with van der Waals surface area (Å²) in [5.41, 5.74) is 3.33. The molecule has 0 radical (unpaired) electrons. The number of hydrogen-bond donors (Lipinski definition) is 1. The maximum absolute atomic E-state index is 12.8. The van der Waals surface area contributed by atoms with Gasteiger partial charge in [-0.25, -0.2) is 14.8 Å². The van der Waals surface area contributed by atoms with E-state index in [9.17, 15) is 9.90 Å². The fraction of sp³-hybridized carbons (Fsp3) is 0.500. The molecule has 1 atom stereocenters. The van der Waals surface area contributed by atoms with Gasteiger partial charge < -0.3 is 19.5 Å². The highest BCUT2D eigenvalue weighted by molar-refractivity contribution is 5.78. The van der Waals surface area contributed by atoms with Gasteiger partial charge in [0.25, 0.3) is 0 Å². The number of nitrogens with zero attached hydrogens (tertiary/aromatic N) is 6. The molecule has 1 saturated heterocycles. The maximum Gasteiger partial charge on any atom is 0.337 e. The summed E-state index contributed by atoms with van der Waals surface area (Å²) in [6, 6.07) is 9.98. The number of benzene rings is 1. The SMILES string of the molecule is C=NN1/C=C(\C)Cc2ccccc2OCC/C=C/CCC2(C)CCN(CC2)c2c([C@H](OC(C)(C)C)C(=O)O)c(C)nc3cc1nn23. The van der Waals surface area contributed by atoms with Crippen molar-refractivity contribution in [3.8, 4) is 5.75 Å². The third kappa shape index (κ3) is 7.61. The molecule has 246 valence electrons. The first-order valence-electron chi connectivity index (χ1n) is 16.2. The Balaban J connectivity index is 1.64. The van der Waals surface area contributed by atoms with Gasteiger partial charge in [-0.15, -0.1) is 5.10 Å². The number of hydrogen-bond acceptors (Lipinski definition) is 8. The van der Waals surface area contributed by atoms with Crippen molar-refractivity contribution in [1.82, 2.24) is 14.6 Å². The summed E-state index contributed by atoms with van der Waals surface area (Å²) < 4.78 is 14.1. The van der Waals surface area contributed by atoms with E-state index >= 15 is 0 Å². The minimum atomic E-state index is -1.22. The Hall–Kier alpha value is -4.18. The van der Waals surface area contributed by atoms with E-state index in [1.807, 2.05) is 65.1 Å². The van der Waals surface area contributed by atoms with Crippen molar-refractivity contribution in [2.75, 3.05) is 29.6 Å². The van der Waals surface area contributed by atoms with Crippen LogP contribution in [0.25, 0.3) is 5.65 Å². The second kappa shape index (κ2) is 13.7. The van der Waals surface area contributed by atoms with Gasteiger partial charge in [0.05, 0.1) is 17.8 Å². The zero-order valence-electron chi connectivity index (χ0n) is 28.1. The molecule has 6 rings (SSSR count). The molecule has 3 aromatic rings. The van der Waals surface area contributed by atoms with E-state index in [0.29, 0.717) is 41.6 Å². The molecule has 1 N–H and O–H groups in total. The number of para-hydroxylation sites is 1. The van der Waals surface area contributed by atoms with E-state index in [4.69, 9.17) is 19.6 Å². The number of allylic oxidation sites excluding steroid dienone is 2. The summed E-state index contributed by atoms with van der Waals surface area (Å²) in [4.78, 5) is 19.9. The molecule has 10 nitrogen and oxygen atoms in total. The van der Waals surface area contributed by atoms with Gasteiger partial charge in [0.15, 0.2) is 17.6 Å². The number of aryl methyl sites for hydroxylation is 1. The zero-order valence-corrected chi connectivity index (χ0v) is 28.1. The van der Waals surface area contributed by atoms with E-state index in [1.165, 1.54) is 0 Å². The van der Waals surface area contributed by atoms with E-state index < -0.39 is 17.7 Å². The van der Waals surface area contributed by atoms with E-state index in [0.717, 1.165) is 62.1 Å². The molecule has 0 unspecified atom stereocenters. The van der Waals surface area contributed by atoms with Crippen LogP contribution in [0.2, 0.25) is 0 Å². The minimum Gasteiger partial charge on any atom is -0.493 e. The Morgan fingerprint density at radius 1 is 1.13 bits per heavy atom. The Morgan fingerprint density at radius 3 is 2.54 bits per heavy atom. The molecule has 4 bridgehead atoms. The molecule has 0 amide bonds. The standard InChI is InChI=1S/C36H48N6O4/c1-25-22-27-14-10-11-15-28(27)45-21-13-9-8-12-16-36(6)17-19-40(20-18-36)33-31(32(34(43)44)46-35(3,4)5)26(2)38-29-23-30(39-42(29)33)41(24-25)37-7/h8-11,14-15,23-24,32H,7,12-13,16-22H2,1-6H3,(H,43,44)/b9-8+,25-24+/t32-/m0/s1. The van der Waals surface area contributed by atoms with Gasteiger partial charge in [-0.1, -0.05) is 42.8 Å². The van der Waals surface area contributed by atoms with E-state index in [2.05, 4.69) is 41.9 Å². The minimum absolute atomic E-state index is 0.172. The number of fused-ring (bicyclic) bond motifs is 9. The van der Waals surface area contributed by atoms with Crippen LogP contribution in [0.4, 0.5) is 11.6 Å². The highest BCUT2D eigenvalue weighted by Gasteiger charge is 2.37. The summed E-state index contributed by atoms with van der Waals surface area (Å²) in [5.74, 6) is 1.05. The van der Waals surface area contributed by atoms with Crippen LogP contribution in [0.5, 0.6) is 5.75 Å². The van der Waals surface area contributed by atoms with Crippen LogP contribution < -0.4 is 14.6 Å². The Morgan fingerprint density at radius 2 is 1.85 bits per heavy atom. The number of hydrazone groups is 1. The van der Waals surface area contributed by atoms with Gasteiger partial charge in [-0.05, 0) is 90.2 Å². The van der Waals surface area contributed by atoms with Crippen molar-refractivity contribution in [3.05, 3.63) is 71.1 Å². The number of carboxylic acids is 1. The summed E-state index contributed by atoms with van der Waals surface area (Å²) in [7, 11) is 0. The quantitative estimate of drug-likeness (QED) is 0.238. The van der Waals surface area contributed by atoms with Crippen LogP contribution in [0, 0.1) is 12.3 Å². The van der Waals surface area contributed by atoms with Crippen LogP contribution in [-0.2, 0) is 16.0 Å². The Kier molecular flexibility index (Phi) is 9.86. The predicted molar refractivity (Wildman–Crippen MR) is 183 cm³/mol. The molecule has 10 heteroatoms. The molecule has 5 heterocycles. The number of ether oxygens (including phenoxy) is 2. The first kappa shape index (κ1) is 33.2. The molecule has 1 fully saturated rings. The lowest BCUT2D eigenvalue weighted by molar-refractivity contribution is -0.160. The number of aromatic nitrogens is 3. The van der Waals surface area contributed by atoms with Crippen LogP contribution in [0.3, 0.4) is 0 Å². The number of carboxylic acid groups (broad SMARTS) is 1. The van der Waals surface area contributed by atoms with Gasteiger partial charge in [0.1, 0.15) is 11.6 Å². The van der Waals surface area contributed by atoms with Crippen molar-refractivity contribution in [2.24, 2.45) is 10.5 Å². The van der Waals surface area contributed by atoms with Gasteiger partial charge >= 0.3 is 5.97 Å². The molecular formula is C36H48N6O4. The van der Waals surface area contributed by atoms with Gasteiger partial charge in [-0.3, -0.25) is 0 Å². The number of rotatable bonds is 4. The van der Waals surface area contributed by atoms with Crippen molar-refractivity contribution >= 4 is 30.0 Å². The van der Waals surface area contributed by atoms with E-state index in [1.54, 1.807) is 9.52 Å². The van der Waals surface area contributed by atoms with Gasteiger partial charge in [-0.2, -0.15) is 9.62 Å². The molecule has 1 aromatic carbocycles. The third-order valence-electron chi connectivity index (χ3n) is 8.81. The number of aliphatic carboxylic acids is 1. The number of piperidine rings is 1. The fourth-order valence-electron chi connectivity index (χ4n) is 6.35. The lowest BCUT2D eigenvalue weighted by Gasteiger charge is -2.41. The van der Waals surface area contributed by atoms with Crippen molar-refractivity contribution in [3.63, 3.8) is 0 Å². The molecule has 0 saturated carbocycles. The average Bonchev–Trinajstić information content (AvgIpc) is 3.41. The average molecular weight is 629 g/mol. The summed E-state index contributed by atoms with van der Waals surface area (Å²) >= 11 is 0. The second-order valence-corrected chi connectivity index (χ2v) is 13.8. The fourth-order valence-corrected chi connectivity index (χ4v) is 6.35. The molecule has 2 aromatic heterocycles. The zero-order chi connectivity index (χ0) is 33.1. The molecule has 3 aliphatic heterocycles.